The van der Waals surface area contributed by atoms with Gasteiger partial charge in [0, 0.05) is 5.56 Å². The highest BCUT2D eigenvalue weighted by atomic mass is 16.6. The molecule has 1 aliphatic rings. The van der Waals surface area contributed by atoms with E-state index in [-0.39, 0.29) is 19.5 Å². The van der Waals surface area contributed by atoms with Gasteiger partial charge in [-0.3, -0.25) is 14.9 Å². The third-order valence-electron chi connectivity index (χ3n) is 5.38. The minimum atomic E-state index is -1.63. The zero-order chi connectivity index (χ0) is 24.4. The molecule has 1 fully saturated rings. The van der Waals surface area contributed by atoms with Crippen molar-refractivity contribution >= 4 is 17.8 Å². The maximum Gasteiger partial charge on any atom is 0.326 e. The van der Waals surface area contributed by atoms with E-state index >= 15 is 0 Å². The first-order valence-electron chi connectivity index (χ1n) is 10.6. The highest BCUT2D eigenvalue weighted by Gasteiger charge is 2.53. The van der Waals surface area contributed by atoms with Crippen molar-refractivity contribution < 1.29 is 44.7 Å². The Bertz CT molecular complexity index is 794. The molecule has 1 aromatic carbocycles. The zero-order valence-corrected chi connectivity index (χ0v) is 18.0. The van der Waals surface area contributed by atoms with Crippen LogP contribution in [-0.4, -0.2) is 99.7 Å². The van der Waals surface area contributed by atoms with E-state index in [1.54, 1.807) is 30.3 Å². The number of amides is 2. The number of carbonyl (C=O) groups is 3. The maximum atomic E-state index is 12.0. The number of hydrogen-bond donors (Lipinski definition) is 8. The van der Waals surface area contributed by atoms with E-state index in [1.807, 2.05) is 0 Å². The van der Waals surface area contributed by atoms with Crippen LogP contribution in [0.3, 0.4) is 0 Å². The van der Waals surface area contributed by atoms with Crippen LogP contribution in [0.1, 0.15) is 29.6 Å². The lowest BCUT2D eigenvalue weighted by atomic mass is 10.0. The minimum Gasteiger partial charge on any atom is -0.480 e. The average Bonchev–Trinajstić information content (AvgIpc) is 3.07. The smallest absolute Gasteiger partial charge is 0.326 e. The SMILES string of the molecule is O=C(CNC(=O)c1ccccc1)N[C@@H](CCCCN[C@]1(CO)O[C@H](CO)[C@@H](O)[C@@H]1O)C(=O)O. The first-order valence-corrected chi connectivity index (χ1v) is 10.6. The predicted octanol–water partition coefficient (Wildman–Crippen LogP) is -2.45. The quantitative estimate of drug-likeness (QED) is 0.143. The fourth-order valence-electron chi connectivity index (χ4n) is 3.50. The lowest BCUT2D eigenvalue weighted by Gasteiger charge is -2.31. The van der Waals surface area contributed by atoms with Crippen LogP contribution < -0.4 is 16.0 Å². The second kappa shape index (κ2) is 12.6. The van der Waals surface area contributed by atoms with Gasteiger partial charge >= 0.3 is 5.97 Å². The number of carboxylic acids is 1. The van der Waals surface area contributed by atoms with Gasteiger partial charge in [0.15, 0.2) is 5.72 Å². The number of carbonyl (C=O) groups excluding carboxylic acids is 2. The number of aliphatic carboxylic acids is 1. The molecule has 12 heteroatoms. The number of rotatable bonds is 13. The molecule has 33 heavy (non-hydrogen) atoms. The Labute approximate surface area is 190 Å². The average molecular weight is 469 g/mol. The van der Waals surface area contributed by atoms with Crippen LogP contribution in [0, 0.1) is 0 Å². The van der Waals surface area contributed by atoms with E-state index in [9.17, 15) is 39.9 Å². The third-order valence-corrected chi connectivity index (χ3v) is 5.38. The molecule has 184 valence electrons. The van der Waals surface area contributed by atoms with Crippen molar-refractivity contribution in [2.45, 2.75) is 49.3 Å². The topological polar surface area (TPSA) is 198 Å². The van der Waals surface area contributed by atoms with E-state index < -0.39 is 61.1 Å². The Hall–Kier alpha value is -2.61. The Morgan fingerprint density at radius 2 is 1.79 bits per heavy atom. The number of aliphatic hydroxyl groups is 4. The maximum absolute atomic E-state index is 12.0. The van der Waals surface area contributed by atoms with Crippen LogP contribution in [0.4, 0.5) is 0 Å². The molecule has 12 nitrogen and oxygen atoms in total. The van der Waals surface area contributed by atoms with E-state index in [2.05, 4.69) is 16.0 Å². The van der Waals surface area contributed by atoms with Gasteiger partial charge in [-0.05, 0) is 37.9 Å². The van der Waals surface area contributed by atoms with Gasteiger partial charge in [-0.15, -0.1) is 0 Å². The molecule has 2 rings (SSSR count). The first-order chi connectivity index (χ1) is 15.7. The molecular weight excluding hydrogens is 438 g/mol. The molecule has 0 spiro atoms. The summed E-state index contributed by atoms with van der Waals surface area (Å²) in [6.07, 6.45) is -3.01. The highest BCUT2D eigenvalue weighted by Crippen LogP contribution is 2.29. The number of hydrogen-bond acceptors (Lipinski definition) is 9. The molecule has 0 bridgehead atoms. The first kappa shape index (κ1) is 26.6. The van der Waals surface area contributed by atoms with Crippen LogP contribution in [0.25, 0.3) is 0 Å². The van der Waals surface area contributed by atoms with Crippen molar-refractivity contribution in [2.24, 2.45) is 0 Å². The molecule has 0 aromatic heterocycles. The summed E-state index contributed by atoms with van der Waals surface area (Å²) in [5.74, 6) is -2.32. The Kier molecular flexibility index (Phi) is 10.2. The summed E-state index contributed by atoms with van der Waals surface area (Å²) in [7, 11) is 0. The lowest BCUT2D eigenvalue weighted by molar-refractivity contribution is -0.142. The molecular formula is C21H31N3O9. The molecule has 0 saturated carbocycles. The summed E-state index contributed by atoms with van der Waals surface area (Å²) in [5, 5.41) is 55.7. The van der Waals surface area contributed by atoms with Crippen LogP contribution in [0.15, 0.2) is 30.3 Å². The third kappa shape index (κ3) is 7.19. The number of nitrogens with one attached hydrogen (secondary N) is 3. The Balaban J connectivity index is 1.74. The number of carboxylic acid groups (broad SMARTS) is 1. The molecule has 1 heterocycles. The normalized spacial score (nSPS) is 25.4. The molecule has 5 atom stereocenters. The lowest BCUT2D eigenvalue weighted by Crippen LogP contribution is -2.57. The molecule has 2 amide bonds. The fourth-order valence-corrected chi connectivity index (χ4v) is 3.50. The molecule has 1 saturated heterocycles. The summed E-state index contributed by atoms with van der Waals surface area (Å²) in [5.41, 5.74) is -1.26. The van der Waals surface area contributed by atoms with Crippen LogP contribution in [0.5, 0.6) is 0 Å². The van der Waals surface area contributed by atoms with Crippen molar-refractivity contribution in [3.8, 4) is 0 Å². The second-order valence-corrected chi connectivity index (χ2v) is 7.75. The van der Waals surface area contributed by atoms with E-state index in [4.69, 9.17) is 4.74 Å². The van der Waals surface area contributed by atoms with Crippen LogP contribution in [-0.2, 0) is 14.3 Å². The molecule has 0 aliphatic carbocycles. The van der Waals surface area contributed by atoms with Gasteiger partial charge in [0.05, 0.1) is 19.8 Å². The summed E-state index contributed by atoms with van der Waals surface area (Å²) >= 11 is 0. The zero-order valence-electron chi connectivity index (χ0n) is 18.0. The van der Waals surface area contributed by atoms with Gasteiger partial charge in [-0.25, -0.2) is 4.79 Å². The van der Waals surface area contributed by atoms with Gasteiger partial charge < -0.3 is 40.9 Å². The summed E-state index contributed by atoms with van der Waals surface area (Å²) in [6.45, 7) is -1.35. The molecule has 8 N–H and O–H groups in total. The summed E-state index contributed by atoms with van der Waals surface area (Å²) < 4.78 is 5.37. The molecule has 1 aliphatic heterocycles. The number of unbranched alkanes of at least 4 members (excludes halogenated alkanes) is 1. The number of ether oxygens (including phenoxy) is 1. The van der Waals surface area contributed by atoms with Crippen molar-refractivity contribution in [2.75, 3.05) is 26.3 Å². The van der Waals surface area contributed by atoms with Crippen LogP contribution >= 0.6 is 0 Å². The molecule has 0 radical (unpaired) electrons. The van der Waals surface area contributed by atoms with Gasteiger partial charge in [0.1, 0.15) is 24.4 Å². The van der Waals surface area contributed by atoms with E-state index in [0.29, 0.717) is 18.4 Å². The van der Waals surface area contributed by atoms with E-state index in [1.165, 1.54) is 0 Å². The monoisotopic (exact) mass is 469 g/mol. The second-order valence-electron chi connectivity index (χ2n) is 7.75. The Morgan fingerprint density at radius 1 is 1.09 bits per heavy atom. The fraction of sp³-hybridized carbons (Fsp3) is 0.571. The van der Waals surface area contributed by atoms with Gasteiger partial charge in [0.2, 0.25) is 5.91 Å². The van der Waals surface area contributed by atoms with E-state index in [0.717, 1.165) is 0 Å². The standard InChI is InChI=1S/C21H31N3O9/c25-11-15-17(28)18(29)21(12-26,33-15)23-9-5-4-8-14(20(31)32)24-16(27)10-22-19(30)13-6-2-1-3-7-13/h1-3,6-7,14-15,17-18,23,25-26,28-29H,4-5,8-12H2,(H,22,30)(H,24,27)(H,31,32)/t14-,15+,17+,18-,21+/m0/s1. The summed E-state index contributed by atoms with van der Waals surface area (Å²) in [6, 6.07) is 7.12. The molecule has 1 aromatic rings. The Morgan fingerprint density at radius 3 is 2.36 bits per heavy atom. The summed E-state index contributed by atoms with van der Waals surface area (Å²) in [4.78, 5) is 35.5. The van der Waals surface area contributed by atoms with Crippen molar-refractivity contribution in [1.82, 2.24) is 16.0 Å². The van der Waals surface area contributed by atoms with Gasteiger partial charge in [-0.2, -0.15) is 0 Å². The molecule has 0 unspecified atom stereocenters. The van der Waals surface area contributed by atoms with Crippen molar-refractivity contribution in [3.63, 3.8) is 0 Å². The minimum absolute atomic E-state index is 0.104. The van der Waals surface area contributed by atoms with Gasteiger partial charge in [-0.1, -0.05) is 18.2 Å². The highest BCUT2D eigenvalue weighted by molar-refractivity contribution is 5.96. The number of aliphatic hydroxyl groups excluding tert-OH is 4. The van der Waals surface area contributed by atoms with Gasteiger partial charge in [0.25, 0.3) is 5.91 Å². The number of benzene rings is 1. The van der Waals surface area contributed by atoms with Crippen LogP contribution in [0.2, 0.25) is 0 Å². The predicted molar refractivity (Wildman–Crippen MR) is 114 cm³/mol. The van der Waals surface area contributed by atoms with Crippen molar-refractivity contribution in [1.29, 1.82) is 0 Å². The van der Waals surface area contributed by atoms with Crippen molar-refractivity contribution in [3.05, 3.63) is 35.9 Å². The largest absolute Gasteiger partial charge is 0.480 e.